The van der Waals surface area contributed by atoms with Crippen LogP contribution in [-0.2, 0) is 16.6 Å². The maximum atomic E-state index is 13.1. The van der Waals surface area contributed by atoms with Gasteiger partial charge in [0.05, 0.1) is 15.1 Å². The van der Waals surface area contributed by atoms with Crippen molar-refractivity contribution in [3.05, 3.63) is 87.7 Å². The van der Waals surface area contributed by atoms with E-state index in [-0.39, 0.29) is 4.90 Å². The van der Waals surface area contributed by atoms with E-state index in [0.29, 0.717) is 16.1 Å². The van der Waals surface area contributed by atoms with Crippen LogP contribution < -0.4 is 9.52 Å². The van der Waals surface area contributed by atoms with Crippen molar-refractivity contribution in [3.8, 4) is 0 Å². The molecule has 176 valence electrons. The van der Waals surface area contributed by atoms with Gasteiger partial charge in [0.25, 0.3) is 15.9 Å². The first-order valence-corrected chi connectivity index (χ1v) is 13.4. The smallest absolute Gasteiger partial charge is 0.279 e. The molecule has 3 aromatic carbocycles. The minimum absolute atomic E-state index is 0.163. The summed E-state index contributed by atoms with van der Waals surface area (Å²) in [6, 6.07) is 17.3. The summed E-state index contributed by atoms with van der Waals surface area (Å²) in [5.41, 5.74) is 5.06. The fourth-order valence-corrected chi connectivity index (χ4v) is 5.83. The molecular weight excluding hydrogens is 466 g/mol. The monoisotopic (exact) mass is 493 g/mol. The van der Waals surface area contributed by atoms with Gasteiger partial charge in [-0.2, -0.15) is 4.99 Å². The van der Waals surface area contributed by atoms with Crippen LogP contribution in [0.15, 0.2) is 70.6 Å². The third-order valence-corrected chi connectivity index (χ3v) is 8.07. The van der Waals surface area contributed by atoms with Crippen molar-refractivity contribution in [2.45, 2.75) is 45.6 Å². The second kappa shape index (κ2) is 9.56. The quantitative estimate of drug-likeness (QED) is 0.381. The fourth-order valence-electron chi connectivity index (χ4n) is 3.65. The maximum Gasteiger partial charge on any atom is 0.279 e. The third-order valence-electron chi connectivity index (χ3n) is 5.64. The molecule has 0 unspecified atom stereocenters. The van der Waals surface area contributed by atoms with Gasteiger partial charge in [-0.05, 0) is 80.8 Å². The maximum absolute atomic E-state index is 13.1. The predicted molar refractivity (Wildman–Crippen MR) is 138 cm³/mol. The van der Waals surface area contributed by atoms with Crippen LogP contribution in [0.3, 0.4) is 0 Å². The topological polar surface area (TPSA) is 80.5 Å². The van der Waals surface area contributed by atoms with E-state index in [4.69, 9.17) is 0 Å². The van der Waals surface area contributed by atoms with Crippen molar-refractivity contribution < 1.29 is 13.2 Å². The summed E-state index contributed by atoms with van der Waals surface area (Å²) < 4.78 is 31.2. The van der Waals surface area contributed by atoms with E-state index in [1.807, 2.05) is 6.92 Å². The lowest BCUT2D eigenvalue weighted by atomic mass is 10.1. The van der Waals surface area contributed by atoms with Crippen LogP contribution in [0.4, 0.5) is 5.69 Å². The molecule has 0 aliphatic heterocycles. The molecule has 0 bridgehead atoms. The van der Waals surface area contributed by atoms with Crippen molar-refractivity contribution >= 4 is 43.2 Å². The van der Waals surface area contributed by atoms with Crippen molar-refractivity contribution in [3.63, 3.8) is 0 Å². The molecule has 0 fully saturated rings. The molecule has 1 heterocycles. The Bertz CT molecular complexity index is 1550. The van der Waals surface area contributed by atoms with Crippen LogP contribution in [0.2, 0.25) is 0 Å². The van der Waals surface area contributed by atoms with Crippen molar-refractivity contribution in [1.82, 2.24) is 4.57 Å². The molecule has 0 radical (unpaired) electrons. The highest BCUT2D eigenvalue weighted by Crippen LogP contribution is 2.23. The zero-order chi connectivity index (χ0) is 24.5. The number of thiazole rings is 1. The van der Waals surface area contributed by atoms with Crippen LogP contribution >= 0.6 is 11.3 Å². The molecule has 8 heteroatoms. The summed E-state index contributed by atoms with van der Waals surface area (Å²) >= 11 is 1.49. The van der Waals surface area contributed by atoms with Gasteiger partial charge in [0, 0.05) is 17.8 Å². The lowest BCUT2D eigenvalue weighted by molar-refractivity contribution is 0.0998. The first kappa shape index (κ1) is 23.9. The Balaban J connectivity index is 1.68. The molecule has 1 N–H and O–H groups in total. The van der Waals surface area contributed by atoms with Gasteiger partial charge < -0.3 is 4.57 Å². The normalized spacial score (nSPS) is 12.3. The van der Waals surface area contributed by atoms with Gasteiger partial charge in [-0.25, -0.2) is 8.42 Å². The third kappa shape index (κ3) is 4.98. The number of rotatable bonds is 6. The van der Waals surface area contributed by atoms with Crippen LogP contribution in [-0.4, -0.2) is 18.9 Å². The standard InChI is InChI=1S/C26H27N3O3S2/c1-5-13-29-23-14-18(3)19(4)15-24(23)33-26(29)27-25(30)20-7-6-8-21(16-20)28-34(31,32)22-11-9-17(2)10-12-22/h6-12,14-16,28H,5,13H2,1-4H3. The number of hydrogen-bond donors (Lipinski definition) is 1. The van der Waals surface area contributed by atoms with Gasteiger partial charge in [-0.15, -0.1) is 0 Å². The van der Waals surface area contributed by atoms with Gasteiger partial charge in [0.15, 0.2) is 4.80 Å². The molecule has 4 aromatic rings. The lowest BCUT2D eigenvalue weighted by Gasteiger charge is -2.09. The Morgan fingerprint density at radius 2 is 1.71 bits per heavy atom. The molecule has 0 saturated heterocycles. The highest BCUT2D eigenvalue weighted by Gasteiger charge is 2.15. The SMILES string of the molecule is CCCn1c(=NC(=O)c2cccc(NS(=O)(=O)c3ccc(C)cc3)c2)sc2cc(C)c(C)cc21. The van der Waals surface area contributed by atoms with Crippen molar-refractivity contribution in [2.75, 3.05) is 4.72 Å². The second-order valence-electron chi connectivity index (χ2n) is 8.36. The van der Waals surface area contributed by atoms with Gasteiger partial charge >= 0.3 is 0 Å². The molecule has 0 aliphatic rings. The van der Waals surface area contributed by atoms with E-state index in [2.05, 4.69) is 47.2 Å². The van der Waals surface area contributed by atoms with Gasteiger partial charge in [-0.3, -0.25) is 9.52 Å². The number of nitrogens with one attached hydrogen (secondary N) is 1. The second-order valence-corrected chi connectivity index (χ2v) is 11.0. The van der Waals surface area contributed by atoms with Crippen molar-refractivity contribution in [1.29, 1.82) is 0 Å². The van der Waals surface area contributed by atoms with Crippen LogP contribution in [0, 0.1) is 20.8 Å². The molecule has 1 aromatic heterocycles. The van der Waals surface area contributed by atoms with Crippen molar-refractivity contribution in [2.24, 2.45) is 4.99 Å². The highest BCUT2D eigenvalue weighted by atomic mass is 32.2. The first-order valence-electron chi connectivity index (χ1n) is 11.1. The number of carbonyl (C=O) groups is 1. The Labute approximate surface area is 203 Å². The zero-order valence-electron chi connectivity index (χ0n) is 19.6. The summed E-state index contributed by atoms with van der Waals surface area (Å²) in [4.78, 5) is 18.3. The number of nitrogens with zero attached hydrogens (tertiary/aromatic N) is 2. The summed E-state index contributed by atoms with van der Waals surface area (Å²) in [5.74, 6) is -0.416. The molecule has 1 amide bonds. The molecule has 6 nitrogen and oxygen atoms in total. The minimum atomic E-state index is -3.76. The number of anilines is 1. The summed E-state index contributed by atoms with van der Waals surface area (Å²) in [6.07, 6.45) is 0.913. The minimum Gasteiger partial charge on any atom is -0.316 e. The Morgan fingerprint density at radius 3 is 2.41 bits per heavy atom. The van der Waals surface area contributed by atoms with Crippen LogP contribution in [0.25, 0.3) is 10.2 Å². The van der Waals surface area contributed by atoms with E-state index < -0.39 is 15.9 Å². The molecular formula is C26H27N3O3S2. The van der Waals surface area contributed by atoms with E-state index >= 15 is 0 Å². The van der Waals surface area contributed by atoms with E-state index in [1.165, 1.54) is 28.5 Å². The number of amides is 1. The van der Waals surface area contributed by atoms with E-state index in [0.717, 1.165) is 28.7 Å². The number of aromatic nitrogens is 1. The Kier molecular flexibility index (Phi) is 6.72. The molecule has 0 spiro atoms. The van der Waals surface area contributed by atoms with Gasteiger partial charge in [0.2, 0.25) is 0 Å². The number of carbonyl (C=O) groups excluding carboxylic acids is 1. The Morgan fingerprint density at radius 1 is 1.00 bits per heavy atom. The average Bonchev–Trinajstić information content (AvgIpc) is 3.10. The van der Waals surface area contributed by atoms with Gasteiger partial charge in [-0.1, -0.05) is 42.0 Å². The molecule has 4 rings (SSSR count). The lowest BCUT2D eigenvalue weighted by Crippen LogP contribution is -2.17. The zero-order valence-corrected chi connectivity index (χ0v) is 21.3. The molecule has 0 saturated carbocycles. The highest BCUT2D eigenvalue weighted by molar-refractivity contribution is 7.92. The summed E-state index contributed by atoms with van der Waals surface area (Å²) in [7, 11) is -3.76. The first-order chi connectivity index (χ1) is 16.2. The number of benzene rings is 3. The largest absolute Gasteiger partial charge is 0.316 e. The van der Waals surface area contributed by atoms with Crippen LogP contribution in [0.1, 0.15) is 40.4 Å². The van der Waals surface area contributed by atoms with E-state index in [1.54, 1.807) is 42.5 Å². The number of sulfonamides is 1. The fraction of sp³-hybridized carbons (Fsp3) is 0.231. The summed E-state index contributed by atoms with van der Waals surface area (Å²) in [6.45, 7) is 8.89. The average molecular weight is 494 g/mol. The molecule has 0 aliphatic carbocycles. The Hall–Kier alpha value is -3.23. The molecule has 0 atom stereocenters. The summed E-state index contributed by atoms with van der Waals surface area (Å²) in [5, 5.41) is 0. The van der Waals surface area contributed by atoms with E-state index in [9.17, 15) is 13.2 Å². The number of fused-ring (bicyclic) bond motifs is 1. The predicted octanol–water partition coefficient (Wildman–Crippen LogP) is 5.58. The van der Waals surface area contributed by atoms with Gasteiger partial charge in [0.1, 0.15) is 0 Å². The molecule has 34 heavy (non-hydrogen) atoms. The number of hydrogen-bond acceptors (Lipinski definition) is 4. The van der Waals surface area contributed by atoms with Crippen LogP contribution in [0.5, 0.6) is 0 Å². The number of aryl methyl sites for hydroxylation is 4.